The minimum atomic E-state index is -0.0742. The second-order valence-corrected chi connectivity index (χ2v) is 6.80. The summed E-state index contributed by atoms with van der Waals surface area (Å²) >= 11 is 0. The predicted molar refractivity (Wildman–Crippen MR) is 101 cm³/mol. The first kappa shape index (κ1) is 16.8. The summed E-state index contributed by atoms with van der Waals surface area (Å²) in [6.45, 7) is 4.52. The van der Waals surface area contributed by atoms with Crippen LogP contribution in [-0.4, -0.2) is 59.2 Å². The maximum atomic E-state index is 11.8. The molecular formula is C19H23N5O2. The van der Waals surface area contributed by atoms with Crippen LogP contribution in [0.15, 0.2) is 52.5 Å². The van der Waals surface area contributed by atoms with Crippen molar-refractivity contribution in [2.45, 2.75) is 12.5 Å². The molecule has 2 aliphatic heterocycles. The average molecular weight is 353 g/mol. The van der Waals surface area contributed by atoms with Crippen LogP contribution in [0.25, 0.3) is 0 Å². The molecule has 7 heteroatoms. The van der Waals surface area contributed by atoms with Gasteiger partial charge in [-0.3, -0.25) is 9.69 Å². The molecule has 0 N–H and O–H groups in total. The standard InChI is InChI=1S/C19H23N5O2/c1-22-19(25)11-16(13-20-22)24-9-7-23(8-10-24)14-17-12-18(21-26-17)15-5-3-2-4-6-15/h2-6,11,13,17H,7-10,12,14H2,1H3/t17-/m0/s1. The maximum Gasteiger partial charge on any atom is 0.268 e. The fraction of sp³-hybridized carbons (Fsp3) is 0.421. The lowest BCUT2D eigenvalue weighted by molar-refractivity contribution is 0.0510. The fourth-order valence-electron chi connectivity index (χ4n) is 3.44. The van der Waals surface area contributed by atoms with E-state index in [1.165, 1.54) is 4.68 Å². The van der Waals surface area contributed by atoms with E-state index < -0.39 is 0 Å². The van der Waals surface area contributed by atoms with Crippen molar-refractivity contribution >= 4 is 11.4 Å². The topological polar surface area (TPSA) is 63.0 Å². The second kappa shape index (κ2) is 7.29. The van der Waals surface area contributed by atoms with Gasteiger partial charge in [0.25, 0.3) is 5.56 Å². The number of benzene rings is 1. The van der Waals surface area contributed by atoms with Crippen LogP contribution in [0.1, 0.15) is 12.0 Å². The first-order valence-corrected chi connectivity index (χ1v) is 8.98. The molecule has 2 aromatic rings. The molecule has 2 aliphatic rings. The molecule has 1 saturated heterocycles. The Morgan fingerprint density at radius 3 is 2.65 bits per heavy atom. The highest BCUT2D eigenvalue weighted by molar-refractivity contribution is 6.01. The minimum Gasteiger partial charge on any atom is -0.390 e. The zero-order valence-electron chi connectivity index (χ0n) is 14.9. The van der Waals surface area contributed by atoms with Gasteiger partial charge in [-0.15, -0.1) is 0 Å². The number of anilines is 1. The molecule has 1 aromatic heterocycles. The molecule has 3 heterocycles. The van der Waals surface area contributed by atoms with E-state index in [1.54, 1.807) is 19.3 Å². The number of oxime groups is 1. The van der Waals surface area contributed by atoms with Gasteiger partial charge < -0.3 is 9.74 Å². The van der Waals surface area contributed by atoms with Gasteiger partial charge in [0.05, 0.1) is 17.6 Å². The molecule has 0 aliphatic carbocycles. The van der Waals surface area contributed by atoms with Gasteiger partial charge in [-0.2, -0.15) is 5.10 Å². The molecule has 1 atom stereocenters. The number of aromatic nitrogens is 2. The molecule has 0 bridgehead atoms. The second-order valence-electron chi connectivity index (χ2n) is 6.80. The van der Waals surface area contributed by atoms with Gasteiger partial charge in [-0.25, -0.2) is 4.68 Å². The van der Waals surface area contributed by atoms with E-state index in [-0.39, 0.29) is 11.7 Å². The van der Waals surface area contributed by atoms with Gasteiger partial charge in [0.2, 0.25) is 0 Å². The van der Waals surface area contributed by atoms with Crippen molar-refractivity contribution in [2.75, 3.05) is 37.6 Å². The first-order chi connectivity index (χ1) is 12.7. The summed E-state index contributed by atoms with van der Waals surface area (Å²) in [7, 11) is 1.66. The Morgan fingerprint density at radius 2 is 1.92 bits per heavy atom. The quantitative estimate of drug-likeness (QED) is 0.824. The molecule has 7 nitrogen and oxygen atoms in total. The summed E-state index contributed by atoms with van der Waals surface area (Å²) in [6.07, 6.45) is 2.72. The van der Waals surface area contributed by atoms with Crippen LogP contribution in [-0.2, 0) is 11.9 Å². The largest absolute Gasteiger partial charge is 0.390 e. The Balaban J connectivity index is 1.28. The van der Waals surface area contributed by atoms with Crippen molar-refractivity contribution in [1.29, 1.82) is 0 Å². The summed E-state index contributed by atoms with van der Waals surface area (Å²) in [5.74, 6) is 0. The van der Waals surface area contributed by atoms with E-state index in [2.05, 4.69) is 32.2 Å². The number of hydrogen-bond donors (Lipinski definition) is 0. The molecular weight excluding hydrogens is 330 g/mol. The van der Waals surface area contributed by atoms with Crippen LogP contribution in [0, 0.1) is 0 Å². The lowest BCUT2D eigenvalue weighted by atomic mass is 10.0. The SMILES string of the molecule is Cn1ncc(N2CCN(C[C@@H]3CC(c4ccccc4)=NO3)CC2)cc1=O. The lowest BCUT2D eigenvalue weighted by Crippen LogP contribution is -2.49. The summed E-state index contributed by atoms with van der Waals surface area (Å²) in [4.78, 5) is 22.0. The van der Waals surface area contributed by atoms with Gasteiger partial charge in [0.1, 0.15) is 6.10 Å². The van der Waals surface area contributed by atoms with Crippen molar-refractivity contribution in [3.8, 4) is 0 Å². The van der Waals surface area contributed by atoms with Gasteiger partial charge in [-0.1, -0.05) is 35.5 Å². The smallest absolute Gasteiger partial charge is 0.268 e. The molecule has 26 heavy (non-hydrogen) atoms. The molecule has 0 spiro atoms. The van der Waals surface area contributed by atoms with E-state index >= 15 is 0 Å². The summed E-state index contributed by atoms with van der Waals surface area (Å²) in [5.41, 5.74) is 2.99. The Labute approximate surface area is 152 Å². The number of aryl methyl sites for hydroxylation is 1. The van der Waals surface area contributed by atoms with Gasteiger partial charge in [0.15, 0.2) is 0 Å². The molecule has 0 radical (unpaired) electrons. The normalized spacial score (nSPS) is 20.7. The summed E-state index contributed by atoms with van der Waals surface area (Å²) in [6, 6.07) is 11.9. The number of nitrogens with zero attached hydrogens (tertiary/aromatic N) is 5. The third-order valence-corrected chi connectivity index (χ3v) is 4.99. The zero-order chi connectivity index (χ0) is 17.9. The van der Waals surface area contributed by atoms with Crippen LogP contribution in [0.3, 0.4) is 0 Å². The van der Waals surface area contributed by atoms with E-state index in [9.17, 15) is 4.79 Å². The van der Waals surface area contributed by atoms with Crippen molar-refractivity contribution in [3.63, 3.8) is 0 Å². The number of rotatable bonds is 4. The van der Waals surface area contributed by atoms with E-state index in [4.69, 9.17) is 4.84 Å². The predicted octanol–water partition coefficient (Wildman–Crippen LogP) is 1.10. The third-order valence-electron chi connectivity index (χ3n) is 4.99. The zero-order valence-corrected chi connectivity index (χ0v) is 14.9. The van der Waals surface area contributed by atoms with Crippen LogP contribution in [0.5, 0.6) is 0 Å². The lowest BCUT2D eigenvalue weighted by Gasteiger charge is -2.36. The Bertz CT molecular complexity index is 841. The summed E-state index contributed by atoms with van der Waals surface area (Å²) in [5, 5.41) is 8.37. The molecule has 4 rings (SSSR count). The number of piperazine rings is 1. The maximum absolute atomic E-state index is 11.8. The summed E-state index contributed by atoms with van der Waals surface area (Å²) < 4.78 is 1.35. The highest BCUT2D eigenvalue weighted by Gasteiger charge is 2.26. The van der Waals surface area contributed by atoms with Crippen molar-refractivity contribution in [3.05, 3.63) is 58.5 Å². The molecule has 0 saturated carbocycles. The van der Waals surface area contributed by atoms with E-state index in [0.29, 0.717) is 0 Å². The molecule has 1 aromatic carbocycles. The van der Waals surface area contributed by atoms with Crippen LogP contribution < -0.4 is 10.5 Å². The molecule has 1 fully saturated rings. The van der Waals surface area contributed by atoms with Crippen molar-refractivity contribution < 1.29 is 4.84 Å². The van der Waals surface area contributed by atoms with Gasteiger partial charge >= 0.3 is 0 Å². The highest BCUT2D eigenvalue weighted by atomic mass is 16.6. The first-order valence-electron chi connectivity index (χ1n) is 8.98. The highest BCUT2D eigenvalue weighted by Crippen LogP contribution is 2.19. The monoisotopic (exact) mass is 353 g/mol. The van der Waals surface area contributed by atoms with Crippen LogP contribution in [0.4, 0.5) is 5.69 Å². The molecule has 0 unspecified atom stereocenters. The van der Waals surface area contributed by atoms with Gasteiger partial charge in [-0.05, 0) is 5.56 Å². The Kier molecular flexibility index (Phi) is 4.71. The molecule has 136 valence electrons. The fourth-order valence-corrected chi connectivity index (χ4v) is 3.44. The minimum absolute atomic E-state index is 0.0742. The van der Waals surface area contributed by atoms with Crippen LogP contribution >= 0.6 is 0 Å². The third kappa shape index (κ3) is 3.62. The van der Waals surface area contributed by atoms with Crippen molar-refractivity contribution in [1.82, 2.24) is 14.7 Å². The van der Waals surface area contributed by atoms with E-state index in [1.807, 2.05) is 18.2 Å². The molecule has 0 amide bonds. The Morgan fingerprint density at radius 1 is 1.15 bits per heavy atom. The average Bonchev–Trinajstić information content (AvgIpc) is 3.14. The number of hydrogen-bond acceptors (Lipinski definition) is 6. The van der Waals surface area contributed by atoms with Gasteiger partial charge in [0, 0.05) is 52.3 Å². The Hall–Kier alpha value is -2.67. The van der Waals surface area contributed by atoms with E-state index in [0.717, 1.165) is 56.1 Å². The van der Waals surface area contributed by atoms with Crippen LogP contribution in [0.2, 0.25) is 0 Å². The van der Waals surface area contributed by atoms with Crippen molar-refractivity contribution in [2.24, 2.45) is 12.2 Å².